The average molecular weight is 318 g/mol. The van der Waals surface area contributed by atoms with Crippen molar-refractivity contribution < 1.29 is 19.8 Å². The zero-order valence-electron chi connectivity index (χ0n) is 12.5. The summed E-state index contributed by atoms with van der Waals surface area (Å²) >= 11 is 0. The Kier molecular flexibility index (Phi) is 9.06. The maximum Gasteiger partial charge on any atom is 0.338 e. The smallest absolute Gasteiger partial charge is 0.338 e. The van der Waals surface area contributed by atoms with Gasteiger partial charge in [0.25, 0.3) is 0 Å². The molecule has 0 spiro atoms. The van der Waals surface area contributed by atoms with Crippen molar-refractivity contribution in [1.82, 2.24) is 5.32 Å². The molecule has 0 unspecified atom stereocenters. The molecule has 0 aliphatic heterocycles. The third-order valence-electron chi connectivity index (χ3n) is 3.08. The highest BCUT2D eigenvalue weighted by molar-refractivity contribution is 5.80. The molecule has 0 fully saturated rings. The molecule has 128 valence electrons. The Morgan fingerprint density at radius 2 is 1.82 bits per heavy atom. The van der Waals surface area contributed by atoms with Crippen molar-refractivity contribution >= 4 is 17.9 Å². The molecule has 22 heavy (non-hydrogen) atoms. The summed E-state index contributed by atoms with van der Waals surface area (Å²) in [6.07, 6.45) is 1.69. The van der Waals surface area contributed by atoms with E-state index in [1.54, 1.807) is 0 Å². The summed E-state index contributed by atoms with van der Waals surface area (Å²) in [6.45, 7) is 0.669. The lowest BCUT2D eigenvalue weighted by atomic mass is 10.0. The van der Waals surface area contributed by atoms with Gasteiger partial charge in [-0.15, -0.1) is 0 Å². The van der Waals surface area contributed by atoms with Crippen LogP contribution in [0.3, 0.4) is 0 Å². The van der Waals surface area contributed by atoms with Crippen molar-refractivity contribution in [2.24, 2.45) is 27.9 Å². The number of nitrogens with zero attached hydrogens (tertiary/aromatic N) is 1. The second-order valence-electron chi connectivity index (χ2n) is 5.01. The number of guanidine groups is 1. The Balaban J connectivity index is 4.68. The number of hydrogen-bond donors (Lipinski definition) is 7. The number of nitrogens with two attached hydrogens (primary N) is 4. The molecule has 0 radical (unpaired) electrons. The molecule has 10 heteroatoms. The van der Waals surface area contributed by atoms with Crippen LogP contribution in [-0.4, -0.2) is 52.9 Å². The van der Waals surface area contributed by atoms with Crippen LogP contribution in [0.1, 0.15) is 32.1 Å². The van der Waals surface area contributed by atoms with Crippen molar-refractivity contribution in [3.63, 3.8) is 0 Å². The molecule has 0 aromatic heterocycles. The Bertz CT molecular complexity index is 399. The van der Waals surface area contributed by atoms with Crippen molar-refractivity contribution in [2.45, 2.75) is 43.8 Å². The molecule has 0 aromatic rings. The molecule has 0 aliphatic rings. The van der Waals surface area contributed by atoms with Gasteiger partial charge in [-0.1, -0.05) is 0 Å². The van der Waals surface area contributed by atoms with Gasteiger partial charge in [0.1, 0.15) is 6.04 Å². The van der Waals surface area contributed by atoms with E-state index in [1.807, 2.05) is 0 Å². The van der Waals surface area contributed by atoms with E-state index in [-0.39, 0.29) is 25.3 Å². The number of hydrogen-bond acceptors (Lipinski definition) is 6. The summed E-state index contributed by atoms with van der Waals surface area (Å²) in [4.78, 5) is 26.3. The number of carboxylic acids is 2. The third kappa shape index (κ3) is 7.76. The van der Waals surface area contributed by atoms with Crippen LogP contribution in [-0.2, 0) is 9.59 Å². The van der Waals surface area contributed by atoms with Crippen LogP contribution in [0.4, 0.5) is 0 Å². The number of aliphatic carboxylic acids is 2. The second-order valence-corrected chi connectivity index (χ2v) is 5.01. The lowest BCUT2D eigenvalue weighted by Gasteiger charge is -2.29. The van der Waals surface area contributed by atoms with E-state index in [4.69, 9.17) is 22.9 Å². The molecule has 0 amide bonds. The second kappa shape index (κ2) is 9.92. The Hall–Kier alpha value is -1.91. The fourth-order valence-electron chi connectivity index (χ4n) is 1.86. The minimum absolute atomic E-state index is 0.0806. The number of rotatable bonds is 12. The van der Waals surface area contributed by atoms with E-state index in [0.29, 0.717) is 25.8 Å². The minimum atomic E-state index is -1.81. The molecule has 11 N–H and O–H groups in total. The summed E-state index contributed by atoms with van der Waals surface area (Å²) in [5.41, 5.74) is 19.7. The van der Waals surface area contributed by atoms with E-state index >= 15 is 0 Å². The normalized spacial score (nSPS) is 14.8. The van der Waals surface area contributed by atoms with Gasteiger partial charge in [-0.05, 0) is 38.6 Å². The highest BCUT2D eigenvalue weighted by Crippen LogP contribution is 2.12. The monoisotopic (exact) mass is 318 g/mol. The molecule has 0 aliphatic carbocycles. The first-order valence-electron chi connectivity index (χ1n) is 7.01. The van der Waals surface area contributed by atoms with Gasteiger partial charge < -0.3 is 33.1 Å². The van der Waals surface area contributed by atoms with E-state index in [9.17, 15) is 19.8 Å². The molecule has 0 aromatic carbocycles. The number of aliphatic imine (C=N–C) groups is 1. The lowest BCUT2D eigenvalue weighted by molar-refractivity contribution is -0.147. The maximum atomic E-state index is 11.3. The number of carbonyl (C=O) groups is 2. The number of unbranched alkanes of at least 4 members (excludes halogenated alkanes) is 1. The van der Waals surface area contributed by atoms with E-state index in [0.717, 1.165) is 0 Å². The van der Waals surface area contributed by atoms with Gasteiger partial charge in [0.2, 0.25) is 0 Å². The van der Waals surface area contributed by atoms with Crippen LogP contribution in [0.15, 0.2) is 4.99 Å². The lowest BCUT2D eigenvalue weighted by Crippen LogP contribution is -2.64. The SMILES string of the molecule is NCCCC[C@@](N)(N[C@@H](CCCN=C(N)N)C(=O)O)C(=O)O. The average Bonchev–Trinajstić information content (AvgIpc) is 2.41. The zero-order chi connectivity index (χ0) is 17.2. The standard InChI is InChI=1S/C12H26N6O4/c13-6-2-1-5-12(16,10(21)22)18-8(9(19)20)4-3-7-17-11(14)15/h8,18H,1-7,13,16H2,(H,19,20)(H,21,22)(H4,14,15,17)/t8-,12+/m0/s1. The maximum absolute atomic E-state index is 11.3. The molecule has 10 nitrogen and oxygen atoms in total. The van der Waals surface area contributed by atoms with Crippen LogP contribution in [0.25, 0.3) is 0 Å². The molecule has 0 saturated carbocycles. The highest BCUT2D eigenvalue weighted by Gasteiger charge is 2.37. The van der Waals surface area contributed by atoms with Crippen LogP contribution in [0.2, 0.25) is 0 Å². The fourth-order valence-corrected chi connectivity index (χ4v) is 1.86. The Morgan fingerprint density at radius 3 is 2.27 bits per heavy atom. The Labute approximate surface area is 128 Å². The molecule has 0 rings (SSSR count). The number of nitrogens with one attached hydrogen (secondary N) is 1. The molecule has 0 bridgehead atoms. The van der Waals surface area contributed by atoms with Crippen LogP contribution >= 0.6 is 0 Å². The van der Waals surface area contributed by atoms with Crippen LogP contribution in [0, 0.1) is 0 Å². The fraction of sp³-hybridized carbons (Fsp3) is 0.750. The predicted octanol–water partition coefficient (Wildman–Crippen LogP) is -2.05. The molecular formula is C12H26N6O4. The van der Waals surface area contributed by atoms with Crippen molar-refractivity contribution in [3.05, 3.63) is 0 Å². The quantitative estimate of drug-likeness (QED) is 0.0913. The van der Waals surface area contributed by atoms with E-state index in [2.05, 4.69) is 10.3 Å². The topological polar surface area (TPSA) is 203 Å². The summed E-state index contributed by atoms with van der Waals surface area (Å²) in [7, 11) is 0. The first-order chi connectivity index (χ1) is 10.2. The van der Waals surface area contributed by atoms with Crippen LogP contribution in [0.5, 0.6) is 0 Å². The summed E-state index contributed by atoms with van der Waals surface area (Å²) < 4.78 is 0. The predicted molar refractivity (Wildman–Crippen MR) is 81.9 cm³/mol. The van der Waals surface area contributed by atoms with Gasteiger partial charge in [-0.3, -0.25) is 15.1 Å². The number of carboxylic acid groups (broad SMARTS) is 2. The van der Waals surface area contributed by atoms with Gasteiger partial charge in [-0.25, -0.2) is 4.79 Å². The zero-order valence-corrected chi connectivity index (χ0v) is 12.5. The largest absolute Gasteiger partial charge is 0.480 e. The van der Waals surface area contributed by atoms with Gasteiger partial charge in [0.15, 0.2) is 11.6 Å². The first kappa shape index (κ1) is 20.1. The van der Waals surface area contributed by atoms with Crippen molar-refractivity contribution in [1.29, 1.82) is 0 Å². The molecule has 0 saturated heterocycles. The summed E-state index contributed by atoms with van der Waals surface area (Å²) in [5.74, 6) is -2.57. The highest BCUT2D eigenvalue weighted by atomic mass is 16.4. The van der Waals surface area contributed by atoms with Crippen molar-refractivity contribution in [3.8, 4) is 0 Å². The van der Waals surface area contributed by atoms with Gasteiger partial charge in [0, 0.05) is 6.54 Å². The van der Waals surface area contributed by atoms with Gasteiger partial charge in [0.05, 0.1) is 0 Å². The van der Waals surface area contributed by atoms with E-state index < -0.39 is 23.6 Å². The summed E-state index contributed by atoms with van der Waals surface area (Å²) in [6, 6.07) is -1.10. The molecule has 0 heterocycles. The van der Waals surface area contributed by atoms with Crippen LogP contribution < -0.4 is 28.3 Å². The third-order valence-corrected chi connectivity index (χ3v) is 3.08. The summed E-state index contributed by atoms with van der Waals surface area (Å²) in [5, 5.41) is 20.9. The van der Waals surface area contributed by atoms with Gasteiger partial charge in [-0.2, -0.15) is 0 Å². The minimum Gasteiger partial charge on any atom is -0.480 e. The van der Waals surface area contributed by atoms with E-state index in [1.165, 1.54) is 0 Å². The molecule has 2 atom stereocenters. The van der Waals surface area contributed by atoms with Crippen molar-refractivity contribution in [2.75, 3.05) is 13.1 Å². The molecular weight excluding hydrogens is 292 g/mol. The Morgan fingerprint density at radius 1 is 1.18 bits per heavy atom. The first-order valence-corrected chi connectivity index (χ1v) is 7.01. The van der Waals surface area contributed by atoms with Gasteiger partial charge >= 0.3 is 11.9 Å².